The molecule has 0 fully saturated rings. The lowest BCUT2D eigenvalue weighted by Gasteiger charge is -2.13. The molecule has 0 spiro atoms. The lowest BCUT2D eigenvalue weighted by Crippen LogP contribution is -2.19. The van der Waals surface area contributed by atoms with Gasteiger partial charge in [-0.3, -0.25) is 4.79 Å². The molecule has 0 aliphatic carbocycles. The van der Waals surface area contributed by atoms with Gasteiger partial charge >= 0.3 is 5.97 Å². The second kappa shape index (κ2) is 9.80. The molecule has 3 heterocycles. The number of hydrogen-bond acceptors (Lipinski definition) is 8. The number of aromatic nitrogens is 2. The fourth-order valence-corrected chi connectivity index (χ4v) is 3.55. The molecule has 0 saturated heterocycles. The molecule has 0 bridgehead atoms. The Labute approximate surface area is 196 Å². The number of Topliss-reactive ketones (excluding diaryl/α,β-unsaturated/α-hetero) is 1. The SMILES string of the molecule is Cc1cc(NCCO)ccc1NC1=C(C(=O)OC(C)C)C(=O)C(=Cc2c[nH]c3ncccc23)O1. The number of H-pyrrole nitrogens is 1. The Morgan fingerprint density at radius 2 is 2.15 bits per heavy atom. The number of aliphatic hydroxyl groups is 1. The van der Waals surface area contributed by atoms with Crippen LogP contribution in [-0.2, 0) is 19.1 Å². The summed E-state index contributed by atoms with van der Waals surface area (Å²) in [4.78, 5) is 33.3. The van der Waals surface area contributed by atoms with Crippen LogP contribution in [0.1, 0.15) is 25.0 Å². The number of benzene rings is 1. The van der Waals surface area contributed by atoms with Crippen LogP contribution in [0.3, 0.4) is 0 Å². The fraction of sp³-hybridized carbons (Fsp3) is 0.240. The molecule has 1 aliphatic heterocycles. The Morgan fingerprint density at radius 3 is 2.88 bits per heavy atom. The normalized spacial score (nSPS) is 14.7. The quantitative estimate of drug-likeness (QED) is 0.228. The van der Waals surface area contributed by atoms with E-state index >= 15 is 0 Å². The third-order valence-corrected chi connectivity index (χ3v) is 5.12. The zero-order chi connectivity index (χ0) is 24.2. The number of nitrogens with zero attached hydrogens (tertiary/aromatic N) is 1. The number of rotatable bonds is 8. The molecular weight excluding hydrogens is 436 g/mol. The molecular formula is C25H26N4O5. The number of esters is 1. The van der Waals surface area contributed by atoms with E-state index in [0.29, 0.717) is 23.4 Å². The molecule has 9 nitrogen and oxygen atoms in total. The summed E-state index contributed by atoms with van der Waals surface area (Å²) < 4.78 is 11.2. The maximum absolute atomic E-state index is 13.2. The van der Waals surface area contributed by atoms with Gasteiger partial charge in [0.25, 0.3) is 0 Å². The van der Waals surface area contributed by atoms with Crippen molar-refractivity contribution in [3.63, 3.8) is 0 Å². The molecule has 1 aromatic carbocycles. The summed E-state index contributed by atoms with van der Waals surface area (Å²) in [5, 5.41) is 16.0. The molecule has 0 saturated carbocycles. The van der Waals surface area contributed by atoms with Gasteiger partial charge in [0.05, 0.1) is 12.7 Å². The van der Waals surface area contributed by atoms with Crippen molar-refractivity contribution in [1.82, 2.24) is 9.97 Å². The highest BCUT2D eigenvalue weighted by molar-refractivity contribution is 6.27. The van der Waals surface area contributed by atoms with Crippen molar-refractivity contribution < 1.29 is 24.2 Å². The van der Waals surface area contributed by atoms with Crippen LogP contribution in [-0.4, -0.2) is 46.1 Å². The van der Waals surface area contributed by atoms with E-state index in [0.717, 1.165) is 16.6 Å². The van der Waals surface area contributed by atoms with Crippen LogP contribution in [0.4, 0.5) is 11.4 Å². The van der Waals surface area contributed by atoms with Crippen LogP contribution in [0.5, 0.6) is 0 Å². The first kappa shape index (κ1) is 23.1. The van der Waals surface area contributed by atoms with Crippen molar-refractivity contribution in [2.45, 2.75) is 26.9 Å². The second-order valence-corrected chi connectivity index (χ2v) is 8.05. The topological polar surface area (TPSA) is 126 Å². The molecule has 0 atom stereocenters. The van der Waals surface area contributed by atoms with Gasteiger partial charge in [-0.2, -0.15) is 0 Å². The van der Waals surface area contributed by atoms with Crippen LogP contribution in [0.15, 0.2) is 59.9 Å². The maximum atomic E-state index is 13.2. The number of anilines is 2. The number of carbonyl (C=O) groups excluding carboxylic acids is 2. The van der Waals surface area contributed by atoms with E-state index in [1.165, 1.54) is 0 Å². The van der Waals surface area contributed by atoms with E-state index in [1.54, 1.807) is 44.4 Å². The second-order valence-electron chi connectivity index (χ2n) is 8.05. The lowest BCUT2D eigenvalue weighted by atomic mass is 10.1. The maximum Gasteiger partial charge on any atom is 0.348 e. The summed E-state index contributed by atoms with van der Waals surface area (Å²) in [6.45, 7) is 5.75. The molecule has 9 heteroatoms. The largest absolute Gasteiger partial charge is 0.459 e. The summed E-state index contributed by atoms with van der Waals surface area (Å²) in [7, 11) is 0. The number of ketones is 1. The summed E-state index contributed by atoms with van der Waals surface area (Å²) in [6, 6.07) is 9.19. The molecule has 34 heavy (non-hydrogen) atoms. The summed E-state index contributed by atoms with van der Waals surface area (Å²) in [5.74, 6) is -1.31. The smallest absolute Gasteiger partial charge is 0.348 e. The minimum absolute atomic E-state index is 0.00171. The number of allylic oxidation sites excluding steroid dienone is 1. The van der Waals surface area contributed by atoms with Crippen molar-refractivity contribution in [1.29, 1.82) is 0 Å². The molecule has 2 aromatic heterocycles. The average Bonchev–Trinajstić information content (AvgIpc) is 3.34. The van der Waals surface area contributed by atoms with Gasteiger partial charge in [-0.05, 0) is 62.7 Å². The van der Waals surface area contributed by atoms with E-state index in [9.17, 15) is 9.59 Å². The Balaban J connectivity index is 1.67. The van der Waals surface area contributed by atoms with Crippen LogP contribution < -0.4 is 10.6 Å². The number of carbonyl (C=O) groups is 2. The van der Waals surface area contributed by atoms with Gasteiger partial charge in [-0.1, -0.05) is 0 Å². The van der Waals surface area contributed by atoms with Gasteiger partial charge in [0, 0.05) is 41.3 Å². The monoisotopic (exact) mass is 462 g/mol. The number of nitrogens with one attached hydrogen (secondary N) is 3. The number of aromatic amines is 1. The first-order chi connectivity index (χ1) is 16.4. The molecule has 4 rings (SSSR count). The van der Waals surface area contributed by atoms with Crippen molar-refractivity contribution in [2.24, 2.45) is 0 Å². The minimum Gasteiger partial charge on any atom is -0.459 e. The van der Waals surface area contributed by atoms with Gasteiger partial charge in [-0.25, -0.2) is 9.78 Å². The van der Waals surface area contributed by atoms with E-state index in [-0.39, 0.29) is 23.8 Å². The molecule has 4 N–H and O–H groups in total. The highest BCUT2D eigenvalue weighted by atomic mass is 16.5. The van der Waals surface area contributed by atoms with Crippen molar-refractivity contribution in [3.05, 3.63) is 71.1 Å². The standard InChI is InChI=1S/C25H26N4O5/c1-14(2)33-25(32)21-22(31)20(12-16-13-28-23-18(16)5-4-8-27-23)34-24(21)29-19-7-6-17(11-15(19)3)26-9-10-30/h4-8,11-14,26,29-30H,9-10H2,1-3H3,(H,27,28). The zero-order valence-electron chi connectivity index (χ0n) is 19.1. The summed E-state index contributed by atoms with van der Waals surface area (Å²) in [6.07, 6.45) is 4.57. The Bertz CT molecular complexity index is 1310. The lowest BCUT2D eigenvalue weighted by molar-refractivity contribution is -0.143. The van der Waals surface area contributed by atoms with Gasteiger partial charge in [0.1, 0.15) is 5.65 Å². The number of aliphatic hydroxyl groups excluding tert-OH is 1. The van der Waals surface area contributed by atoms with Gasteiger partial charge in [-0.15, -0.1) is 0 Å². The summed E-state index contributed by atoms with van der Waals surface area (Å²) >= 11 is 0. The fourth-order valence-electron chi connectivity index (χ4n) is 3.55. The molecule has 0 unspecified atom stereocenters. The first-order valence-corrected chi connectivity index (χ1v) is 10.9. The first-order valence-electron chi connectivity index (χ1n) is 10.9. The van der Waals surface area contributed by atoms with Crippen LogP contribution in [0.25, 0.3) is 17.1 Å². The highest BCUT2D eigenvalue weighted by Crippen LogP contribution is 2.31. The van der Waals surface area contributed by atoms with E-state index < -0.39 is 17.9 Å². The van der Waals surface area contributed by atoms with Gasteiger partial charge in [0.2, 0.25) is 11.7 Å². The average molecular weight is 463 g/mol. The molecule has 1 aliphatic rings. The predicted octanol–water partition coefficient (Wildman–Crippen LogP) is 3.49. The minimum atomic E-state index is -0.759. The highest BCUT2D eigenvalue weighted by Gasteiger charge is 2.37. The predicted molar refractivity (Wildman–Crippen MR) is 129 cm³/mol. The van der Waals surface area contributed by atoms with E-state index in [1.807, 2.05) is 25.1 Å². The van der Waals surface area contributed by atoms with Crippen LogP contribution in [0.2, 0.25) is 0 Å². The van der Waals surface area contributed by atoms with Crippen molar-refractivity contribution >= 4 is 40.2 Å². The third kappa shape index (κ3) is 4.79. The van der Waals surface area contributed by atoms with Crippen molar-refractivity contribution in [3.8, 4) is 0 Å². The van der Waals surface area contributed by atoms with Crippen LogP contribution >= 0.6 is 0 Å². The molecule has 176 valence electrons. The Hall–Kier alpha value is -4.11. The third-order valence-electron chi connectivity index (χ3n) is 5.12. The molecule has 3 aromatic rings. The summed E-state index contributed by atoms with van der Waals surface area (Å²) in [5.41, 5.74) is 3.53. The number of hydrogen-bond donors (Lipinski definition) is 4. The van der Waals surface area contributed by atoms with E-state index in [2.05, 4.69) is 20.6 Å². The molecule has 0 radical (unpaired) electrons. The van der Waals surface area contributed by atoms with Gasteiger partial charge in [0.15, 0.2) is 11.3 Å². The zero-order valence-corrected chi connectivity index (χ0v) is 19.1. The van der Waals surface area contributed by atoms with E-state index in [4.69, 9.17) is 14.6 Å². The number of fused-ring (bicyclic) bond motifs is 1. The number of aryl methyl sites for hydroxylation is 1. The number of ether oxygens (including phenoxy) is 2. The number of pyridine rings is 1. The van der Waals surface area contributed by atoms with Crippen LogP contribution in [0, 0.1) is 6.92 Å². The van der Waals surface area contributed by atoms with Gasteiger partial charge < -0.3 is 30.2 Å². The Morgan fingerprint density at radius 1 is 1.32 bits per heavy atom. The van der Waals surface area contributed by atoms with Crippen molar-refractivity contribution in [2.75, 3.05) is 23.8 Å². The Kier molecular flexibility index (Phi) is 6.65. The molecule has 0 amide bonds.